The lowest BCUT2D eigenvalue weighted by Crippen LogP contribution is -2.61. The molecule has 0 saturated heterocycles. The minimum absolute atomic E-state index is 0.0553. The van der Waals surface area contributed by atoms with E-state index in [1.54, 1.807) is 18.3 Å². The van der Waals surface area contributed by atoms with Gasteiger partial charge in [0.05, 0.1) is 17.2 Å². The van der Waals surface area contributed by atoms with Gasteiger partial charge in [-0.3, -0.25) is 10.7 Å². The van der Waals surface area contributed by atoms with Gasteiger partial charge in [0.15, 0.2) is 0 Å². The molecule has 0 unspecified atom stereocenters. The fourth-order valence-electron chi connectivity index (χ4n) is 4.28. The second-order valence-corrected chi connectivity index (χ2v) is 8.19. The van der Waals surface area contributed by atoms with Gasteiger partial charge in [0.2, 0.25) is 0 Å². The third-order valence-electron chi connectivity index (χ3n) is 6.12. The Bertz CT molecular complexity index is 874. The van der Waals surface area contributed by atoms with Crippen molar-refractivity contribution in [1.29, 1.82) is 0 Å². The largest absolute Gasteiger partial charge is 0.416 e. The monoisotopic (exact) mass is 404 g/mol. The lowest BCUT2D eigenvalue weighted by atomic mass is 9.85. The molecule has 1 amide bonds. The third kappa shape index (κ3) is 4.67. The van der Waals surface area contributed by atoms with Crippen molar-refractivity contribution in [3.8, 4) is 11.3 Å². The van der Waals surface area contributed by atoms with Crippen molar-refractivity contribution in [3.63, 3.8) is 0 Å². The fourth-order valence-corrected chi connectivity index (χ4v) is 4.28. The minimum Gasteiger partial charge on any atom is -0.311 e. The summed E-state index contributed by atoms with van der Waals surface area (Å²) in [4.78, 5) is 15.8. The summed E-state index contributed by atoms with van der Waals surface area (Å²) in [6.07, 6.45) is 2.28. The maximum atomic E-state index is 12.9. The van der Waals surface area contributed by atoms with Crippen LogP contribution in [0.5, 0.6) is 0 Å². The second-order valence-electron chi connectivity index (χ2n) is 8.19. The van der Waals surface area contributed by atoms with Gasteiger partial charge in [0, 0.05) is 29.8 Å². The molecular weight excluding hydrogens is 379 g/mol. The molecule has 1 aromatic heterocycles. The van der Waals surface area contributed by atoms with Gasteiger partial charge in [0.25, 0.3) is 0 Å². The Balaban J connectivity index is 1.35. The van der Waals surface area contributed by atoms with Crippen molar-refractivity contribution in [3.05, 3.63) is 53.7 Å². The molecule has 4 nitrogen and oxygen atoms in total. The number of carbonyl (C=O) groups excluding carboxylic acids is 1. The molecule has 2 aliphatic carbocycles. The number of halogens is 3. The zero-order valence-corrected chi connectivity index (χ0v) is 16.1. The van der Waals surface area contributed by atoms with E-state index in [1.165, 1.54) is 6.07 Å². The first kappa shape index (κ1) is 20.0. The van der Waals surface area contributed by atoms with Crippen molar-refractivity contribution in [1.82, 2.24) is 10.3 Å². The zero-order chi connectivity index (χ0) is 20.6. The Morgan fingerprint density at radius 1 is 1.10 bits per heavy atom. The molecule has 0 bridgehead atoms. The number of carbonyl (C=O) groups is 1. The highest BCUT2D eigenvalue weighted by Gasteiger charge is 2.40. The number of nitrogens with zero attached hydrogens (tertiary/aromatic N) is 1. The number of quaternary nitrogens is 1. The number of rotatable bonds is 5. The Kier molecular flexibility index (Phi) is 5.44. The molecule has 2 aromatic rings. The van der Waals surface area contributed by atoms with Gasteiger partial charge in [-0.1, -0.05) is 18.2 Å². The van der Waals surface area contributed by atoms with E-state index in [4.69, 9.17) is 0 Å². The number of hydrogen-bond donors (Lipinski definition) is 2. The predicted molar refractivity (Wildman–Crippen MR) is 103 cm³/mol. The number of aromatic nitrogens is 1. The van der Waals surface area contributed by atoms with Crippen molar-refractivity contribution < 1.29 is 23.7 Å². The van der Waals surface area contributed by atoms with Gasteiger partial charge in [-0.2, -0.15) is 13.2 Å². The van der Waals surface area contributed by atoms with Crippen LogP contribution in [-0.4, -0.2) is 23.0 Å². The van der Waals surface area contributed by atoms with Crippen LogP contribution < -0.4 is 11.1 Å². The molecule has 0 radical (unpaired) electrons. The first-order chi connectivity index (χ1) is 13.8. The Morgan fingerprint density at radius 3 is 2.48 bits per heavy atom. The van der Waals surface area contributed by atoms with E-state index < -0.39 is 11.7 Å². The summed E-state index contributed by atoms with van der Waals surface area (Å²) in [5.74, 6) is 0.570. The molecule has 2 aliphatic rings. The van der Waals surface area contributed by atoms with E-state index in [0.717, 1.165) is 49.8 Å². The molecule has 4 rings (SSSR count). The lowest BCUT2D eigenvalue weighted by Gasteiger charge is -2.26. The lowest BCUT2D eigenvalue weighted by molar-refractivity contribution is -0.312. The Morgan fingerprint density at radius 2 is 1.86 bits per heavy atom. The molecule has 1 heterocycles. The maximum absolute atomic E-state index is 12.9. The molecule has 0 spiro atoms. The Hall–Kier alpha value is -2.25. The number of nitrogens with one attached hydrogen (secondary N) is 1. The molecule has 2 atom stereocenters. The normalized spacial score (nSPS) is 26.9. The van der Waals surface area contributed by atoms with Crippen LogP contribution in [0.25, 0.3) is 11.3 Å². The van der Waals surface area contributed by atoms with Crippen molar-refractivity contribution in [2.45, 2.75) is 56.3 Å². The number of pyridine rings is 1. The highest BCUT2D eigenvalue weighted by atomic mass is 19.4. The van der Waals surface area contributed by atoms with E-state index in [9.17, 15) is 18.0 Å². The van der Waals surface area contributed by atoms with Gasteiger partial charge >= 0.3 is 12.1 Å². The summed E-state index contributed by atoms with van der Waals surface area (Å²) in [5, 5.41) is 3.69. The third-order valence-corrected chi connectivity index (χ3v) is 6.12. The van der Waals surface area contributed by atoms with Gasteiger partial charge in [-0.25, -0.2) is 4.79 Å². The summed E-state index contributed by atoms with van der Waals surface area (Å²) in [6, 6.07) is 9.87. The molecule has 2 fully saturated rings. The first-order valence-corrected chi connectivity index (χ1v) is 10.1. The highest BCUT2D eigenvalue weighted by molar-refractivity contribution is 5.67. The predicted octanol–water partition coefficient (Wildman–Crippen LogP) is 3.54. The summed E-state index contributed by atoms with van der Waals surface area (Å²) in [5.41, 5.74) is 4.99. The van der Waals surface area contributed by atoms with Crippen LogP contribution in [0.2, 0.25) is 0 Å². The average molecular weight is 404 g/mol. The number of amides is 1. The van der Waals surface area contributed by atoms with E-state index in [1.807, 2.05) is 6.07 Å². The number of hydrogen-bond acceptors (Lipinski definition) is 3. The minimum atomic E-state index is -4.36. The second kappa shape index (κ2) is 7.88. The molecule has 154 valence electrons. The van der Waals surface area contributed by atoms with Crippen molar-refractivity contribution >= 4 is 5.91 Å². The summed E-state index contributed by atoms with van der Waals surface area (Å²) < 4.78 is 38.7. The summed E-state index contributed by atoms with van der Waals surface area (Å²) in [6.45, 7) is 0. The molecule has 29 heavy (non-hydrogen) atoms. The fraction of sp³-hybridized carbons (Fsp3) is 0.455. The van der Waals surface area contributed by atoms with E-state index in [2.05, 4.69) is 16.0 Å². The Labute approximate surface area is 167 Å². The van der Waals surface area contributed by atoms with Crippen LogP contribution in [0.3, 0.4) is 0 Å². The van der Waals surface area contributed by atoms with Crippen molar-refractivity contribution in [2.24, 2.45) is 5.92 Å². The molecular formula is C22H25F3N3O+. The smallest absolute Gasteiger partial charge is 0.311 e. The SMILES string of the molecule is [NH3+]C(=O)C1CCC(N[C@H]2C[C@@H]2c2ccc(-c3cccc(C(F)(F)F)c3)nc2)CC1. The maximum Gasteiger partial charge on any atom is 0.416 e. The molecule has 1 aromatic carbocycles. The van der Waals surface area contributed by atoms with Gasteiger partial charge in [-0.15, -0.1) is 0 Å². The van der Waals surface area contributed by atoms with Crippen LogP contribution in [-0.2, 0) is 11.0 Å². The van der Waals surface area contributed by atoms with E-state index >= 15 is 0 Å². The molecule has 7 heteroatoms. The quantitative estimate of drug-likeness (QED) is 0.801. The highest BCUT2D eigenvalue weighted by Crippen LogP contribution is 2.42. The van der Waals surface area contributed by atoms with Crippen LogP contribution >= 0.6 is 0 Å². The van der Waals surface area contributed by atoms with E-state index in [-0.39, 0.29) is 11.8 Å². The molecule has 2 saturated carbocycles. The van der Waals surface area contributed by atoms with Crippen molar-refractivity contribution in [2.75, 3.05) is 0 Å². The topological polar surface area (TPSA) is 69.6 Å². The summed E-state index contributed by atoms with van der Waals surface area (Å²) in [7, 11) is 0. The van der Waals surface area contributed by atoms with Gasteiger partial charge < -0.3 is 5.32 Å². The number of benzene rings is 1. The van der Waals surface area contributed by atoms with Crippen LogP contribution in [0, 0.1) is 5.92 Å². The van der Waals surface area contributed by atoms with Crippen LogP contribution in [0.4, 0.5) is 13.2 Å². The van der Waals surface area contributed by atoms with Gasteiger partial charge in [0.1, 0.15) is 0 Å². The first-order valence-electron chi connectivity index (χ1n) is 10.1. The number of alkyl halides is 3. The van der Waals surface area contributed by atoms with Crippen LogP contribution in [0.1, 0.15) is 49.1 Å². The zero-order valence-electron chi connectivity index (χ0n) is 16.1. The van der Waals surface area contributed by atoms with E-state index in [0.29, 0.717) is 29.3 Å². The van der Waals surface area contributed by atoms with Gasteiger partial charge in [-0.05, 0) is 55.9 Å². The molecule has 0 aliphatic heterocycles. The molecule has 4 N–H and O–H groups in total. The average Bonchev–Trinajstić information content (AvgIpc) is 3.47. The standard InChI is InChI=1S/C22H24F3N3O/c23-22(24,25)16-3-1-2-14(10-16)19-9-6-15(12-27-19)18-11-20(18)28-17-7-4-13(5-8-17)21(26)29/h1-3,6,9-10,12-13,17-18,20,28H,4-5,7-8,11H2,(H2,26,29)/p+1/t13?,17?,18-,20+/m1/s1. The van der Waals surface area contributed by atoms with Crippen LogP contribution in [0.15, 0.2) is 42.6 Å². The summed E-state index contributed by atoms with van der Waals surface area (Å²) >= 11 is 0.